The number of hydrogen-bond acceptors (Lipinski definition) is 6. The molecule has 0 bridgehead atoms. The number of benzene rings is 1. The lowest BCUT2D eigenvalue weighted by molar-refractivity contribution is -0.116. The summed E-state index contributed by atoms with van der Waals surface area (Å²) in [7, 11) is 0. The van der Waals surface area contributed by atoms with Crippen molar-refractivity contribution in [1.82, 2.24) is 19.1 Å². The standard InChI is InChI=1S/C20H18N6O3S/c1-2-25-19-16(15(17(21)28)23-18(24-19)12-8-9-30-11-12)26(20(25)29)10-14(27)22-13-6-4-3-5-7-13/h3-9,11H,2,10H2,1H3,(H2,21,28)(H,22,27). The maximum absolute atomic E-state index is 13.0. The van der Waals surface area contributed by atoms with Crippen molar-refractivity contribution >= 4 is 40.0 Å². The molecule has 0 saturated heterocycles. The number of nitrogens with two attached hydrogens (primary N) is 1. The summed E-state index contributed by atoms with van der Waals surface area (Å²) in [4.78, 5) is 46.6. The second-order valence-electron chi connectivity index (χ2n) is 6.47. The number of carbonyl (C=O) groups is 2. The number of carbonyl (C=O) groups excluding carboxylic acids is 2. The minimum absolute atomic E-state index is 0.0991. The Bertz CT molecular complexity index is 1290. The molecule has 0 aliphatic carbocycles. The van der Waals surface area contributed by atoms with Gasteiger partial charge in [-0.25, -0.2) is 14.8 Å². The molecule has 2 amide bonds. The van der Waals surface area contributed by atoms with E-state index < -0.39 is 17.5 Å². The molecule has 0 saturated carbocycles. The summed E-state index contributed by atoms with van der Waals surface area (Å²) in [5.74, 6) is -0.925. The van der Waals surface area contributed by atoms with Gasteiger partial charge in [-0.3, -0.25) is 18.7 Å². The van der Waals surface area contributed by atoms with E-state index in [9.17, 15) is 14.4 Å². The number of para-hydroxylation sites is 1. The number of rotatable bonds is 6. The number of nitrogens with zero attached hydrogens (tertiary/aromatic N) is 4. The molecule has 0 aliphatic rings. The molecule has 3 N–H and O–H groups in total. The third-order valence-electron chi connectivity index (χ3n) is 4.54. The average molecular weight is 422 g/mol. The molecule has 152 valence electrons. The van der Waals surface area contributed by atoms with Crippen LogP contribution in [0.25, 0.3) is 22.6 Å². The van der Waals surface area contributed by atoms with E-state index in [4.69, 9.17) is 5.73 Å². The van der Waals surface area contributed by atoms with Crippen LogP contribution in [0.4, 0.5) is 5.69 Å². The number of hydrogen-bond donors (Lipinski definition) is 2. The summed E-state index contributed by atoms with van der Waals surface area (Å²) in [6.45, 7) is 1.78. The van der Waals surface area contributed by atoms with Gasteiger partial charge in [0.15, 0.2) is 17.2 Å². The lowest BCUT2D eigenvalue weighted by atomic mass is 10.2. The highest BCUT2D eigenvalue weighted by Gasteiger charge is 2.24. The number of aryl methyl sites for hydroxylation is 1. The number of aromatic nitrogens is 4. The minimum Gasteiger partial charge on any atom is -0.364 e. The van der Waals surface area contributed by atoms with E-state index in [0.717, 1.165) is 0 Å². The lowest BCUT2D eigenvalue weighted by Crippen LogP contribution is -2.29. The third-order valence-corrected chi connectivity index (χ3v) is 5.22. The first-order chi connectivity index (χ1) is 14.5. The van der Waals surface area contributed by atoms with E-state index in [2.05, 4.69) is 15.3 Å². The first-order valence-electron chi connectivity index (χ1n) is 9.18. The molecule has 3 aromatic heterocycles. The van der Waals surface area contributed by atoms with Crippen LogP contribution in [-0.4, -0.2) is 30.9 Å². The number of thiophene rings is 1. The Hall–Kier alpha value is -3.79. The Morgan fingerprint density at radius 3 is 2.53 bits per heavy atom. The Labute approximate surface area is 174 Å². The quantitative estimate of drug-likeness (QED) is 0.492. The fraction of sp³-hybridized carbons (Fsp3) is 0.150. The van der Waals surface area contributed by atoms with Gasteiger partial charge in [0, 0.05) is 23.2 Å². The molecule has 10 heteroatoms. The monoisotopic (exact) mass is 422 g/mol. The molecule has 4 aromatic rings. The summed E-state index contributed by atoms with van der Waals surface area (Å²) in [5, 5.41) is 6.43. The van der Waals surface area contributed by atoms with Gasteiger partial charge in [-0.2, -0.15) is 11.3 Å². The van der Waals surface area contributed by atoms with Crippen molar-refractivity contribution in [2.24, 2.45) is 5.73 Å². The summed E-state index contributed by atoms with van der Waals surface area (Å²) in [6, 6.07) is 10.7. The fourth-order valence-electron chi connectivity index (χ4n) is 3.20. The van der Waals surface area contributed by atoms with Crippen LogP contribution in [0.5, 0.6) is 0 Å². The molecular formula is C20H18N6O3S. The van der Waals surface area contributed by atoms with Gasteiger partial charge in [-0.15, -0.1) is 0 Å². The molecule has 0 aliphatic heterocycles. The second kappa shape index (κ2) is 7.91. The van der Waals surface area contributed by atoms with Gasteiger partial charge < -0.3 is 11.1 Å². The van der Waals surface area contributed by atoms with E-state index in [0.29, 0.717) is 23.6 Å². The molecular weight excluding hydrogens is 404 g/mol. The van der Waals surface area contributed by atoms with Crippen LogP contribution in [0.15, 0.2) is 52.0 Å². The van der Waals surface area contributed by atoms with E-state index >= 15 is 0 Å². The van der Waals surface area contributed by atoms with Crippen LogP contribution in [0.1, 0.15) is 17.4 Å². The number of primary amides is 1. The molecule has 0 atom stereocenters. The van der Waals surface area contributed by atoms with Crippen molar-refractivity contribution in [3.8, 4) is 11.4 Å². The van der Waals surface area contributed by atoms with Crippen molar-refractivity contribution in [2.75, 3.05) is 5.32 Å². The summed E-state index contributed by atoms with van der Waals surface area (Å²) in [5.41, 5.74) is 6.74. The zero-order valence-electron chi connectivity index (χ0n) is 16.0. The molecule has 4 rings (SSSR count). The van der Waals surface area contributed by atoms with Crippen LogP contribution in [0.3, 0.4) is 0 Å². The van der Waals surface area contributed by atoms with Gasteiger partial charge in [0.05, 0.1) is 0 Å². The van der Waals surface area contributed by atoms with Crippen LogP contribution in [0.2, 0.25) is 0 Å². The van der Waals surface area contributed by atoms with E-state index in [-0.39, 0.29) is 23.4 Å². The summed E-state index contributed by atoms with van der Waals surface area (Å²) in [6.07, 6.45) is 0. The average Bonchev–Trinajstić information content (AvgIpc) is 3.35. The normalized spacial score (nSPS) is 11.0. The number of fused-ring (bicyclic) bond motifs is 1. The van der Waals surface area contributed by atoms with Crippen molar-refractivity contribution < 1.29 is 9.59 Å². The zero-order chi connectivity index (χ0) is 21.3. The highest BCUT2D eigenvalue weighted by molar-refractivity contribution is 7.08. The molecule has 1 aromatic carbocycles. The fourth-order valence-corrected chi connectivity index (χ4v) is 3.84. The molecule has 0 unspecified atom stereocenters. The maximum Gasteiger partial charge on any atom is 0.330 e. The van der Waals surface area contributed by atoms with E-state index in [1.165, 1.54) is 20.5 Å². The molecule has 0 radical (unpaired) electrons. The highest BCUT2D eigenvalue weighted by atomic mass is 32.1. The predicted molar refractivity (Wildman–Crippen MR) is 114 cm³/mol. The first-order valence-corrected chi connectivity index (χ1v) is 10.1. The summed E-state index contributed by atoms with van der Waals surface area (Å²) < 4.78 is 2.59. The predicted octanol–water partition coefficient (Wildman–Crippen LogP) is 2.08. The molecule has 30 heavy (non-hydrogen) atoms. The number of anilines is 1. The Kier molecular flexibility index (Phi) is 5.15. The van der Waals surface area contributed by atoms with Gasteiger partial charge in [0.2, 0.25) is 5.91 Å². The van der Waals surface area contributed by atoms with Crippen molar-refractivity contribution in [1.29, 1.82) is 0 Å². The van der Waals surface area contributed by atoms with Crippen molar-refractivity contribution in [2.45, 2.75) is 20.0 Å². The van der Waals surface area contributed by atoms with E-state index in [1.54, 1.807) is 31.2 Å². The topological polar surface area (TPSA) is 125 Å². The number of nitrogens with one attached hydrogen (secondary N) is 1. The largest absolute Gasteiger partial charge is 0.364 e. The van der Waals surface area contributed by atoms with E-state index in [1.807, 2.05) is 22.9 Å². The zero-order valence-corrected chi connectivity index (χ0v) is 16.8. The lowest BCUT2D eigenvalue weighted by Gasteiger charge is -2.08. The van der Waals surface area contributed by atoms with Gasteiger partial charge in [-0.1, -0.05) is 18.2 Å². The summed E-state index contributed by atoms with van der Waals surface area (Å²) >= 11 is 1.46. The minimum atomic E-state index is -0.802. The SMILES string of the molecule is CCn1c(=O)n(CC(=O)Nc2ccccc2)c2c(C(N)=O)nc(-c3ccsc3)nc21. The van der Waals surface area contributed by atoms with Crippen LogP contribution in [0, 0.1) is 0 Å². The number of amides is 2. The van der Waals surface area contributed by atoms with Gasteiger partial charge in [0.1, 0.15) is 12.1 Å². The second-order valence-corrected chi connectivity index (χ2v) is 7.25. The molecule has 9 nitrogen and oxygen atoms in total. The molecule has 0 spiro atoms. The Morgan fingerprint density at radius 1 is 1.13 bits per heavy atom. The number of imidazole rings is 1. The highest BCUT2D eigenvalue weighted by Crippen LogP contribution is 2.23. The van der Waals surface area contributed by atoms with Gasteiger partial charge >= 0.3 is 5.69 Å². The van der Waals surface area contributed by atoms with Gasteiger partial charge in [-0.05, 0) is 30.5 Å². The molecule has 0 fully saturated rings. The Morgan fingerprint density at radius 2 is 1.90 bits per heavy atom. The van der Waals surface area contributed by atoms with Crippen molar-refractivity contribution in [3.63, 3.8) is 0 Å². The third kappa shape index (κ3) is 3.48. The Balaban J connectivity index is 1.85. The first kappa shape index (κ1) is 19.5. The van der Waals surface area contributed by atoms with Crippen LogP contribution < -0.4 is 16.7 Å². The van der Waals surface area contributed by atoms with Crippen LogP contribution in [-0.2, 0) is 17.9 Å². The smallest absolute Gasteiger partial charge is 0.330 e. The van der Waals surface area contributed by atoms with Gasteiger partial charge in [0.25, 0.3) is 5.91 Å². The maximum atomic E-state index is 13.0. The van der Waals surface area contributed by atoms with Crippen LogP contribution >= 0.6 is 11.3 Å². The van der Waals surface area contributed by atoms with Crippen molar-refractivity contribution in [3.05, 3.63) is 63.3 Å². The molecule has 3 heterocycles.